The molecule has 1 rings (SSSR count). The molecule has 0 aliphatic carbocycles. The largest absolute Gasteiger partial charge is 0.243 e. The zero-order chi connectivity index (χ0) is 8.10. The Morgan fingerprint density at radius 1 is 1.45 bits per heavy atom. The Balaban J connectivity index is 2.27. The predicted octanol–water partition coefficient (Wildman–Crippen LogP) is 1.49. The molecule has 11 heavy (non-hydrogen) atoms. The molecular formula is C8H14BrN2+. The molecule has 1 heterocycles. The second-order valence-electron chi connectivity index (χ2n) is 2.71. The maximum absolute atomic E-state index is 3.41. The summed E-state index contributed by atoms with van der Waals surface area (Å²) in [5.74, 6) is 0. The molecule has 0 N–H and O–H groups in total. The normalized spacial score (nSPS) is 10.4. The quantitative estimate of drug-likeness (QED) is 0.411. The van der Waals surface area contributed by atoms with Gasteiger partial charge in [0.05, 0.1) is 13.6 Å². The van der Waals surface area contributed by atoms with Crippen LogP contribution < -0.4 is 4.57 Å². The minimum absolute atomic E-state index is 1.11. The highest BCUT2D eigenvalue weighted by atomic mass is 79.9. The van der Waals surface area contributed by atoms with Gasteiger partial charge in [0.15, 0.2) is 0 Å². The van der Waals surface area contributed by atoms with Crippen LogP contribution in [0.5, 0.6) is 0 Å². The number of aryl methyl sites for hydroxylation is 2. The first-order valence-corrected chi connectivity index (χ1v) is 5.02. The van der Waals surface area contributed by atoms with Crippen molar-refractivity contribution in [1.29, 1.82) is 0 Å². The van der Waals surface area contributed by atoms with Crippen LogP contribution in [0.15, 0.2) is 18.7 Å². The van der Waals surface area contributed by atoms with Crippen LogP contribution in [0.3, 0.4) is 0 Å². The second kappa shape index (κ2) is 4.54. The van der Waals surface area contributed by atoms with E-state index in [1.54, 1.807) is 0 Å². The number of unbranched alkanes of at least 4 members (excludes halogenated alkanes) is 1. The van der Waals surface area contributed by atoms with Gasteiger partial charge in [-0.3, -0.25) is 0 Å². The second-order valence-corrected chi connectivity index (χ2v) is 3.51. The molecule has 0 fully saturated rings. The topological polar surface area (TPSA) is 8.81 Å². The van der Waals surface area contributed by atoms with E-state index >= 15 is 0 Å². The Morgan fingerprint density at radius 2 is 2.27 bits per heavy atom. The van der Waals surface area contributed by atoms with Crippen LogP contribution in [0.2, 0.25) is 0 Å². The van der Waals surface area contributed by atoms with E-state index in [1.165, 1.54) is 12.8 Å². The Hall–Kier alpha value is -0.310. The van der Waals surface area contributed by atoms with Crippen LogP contribution >= 0.6 is 15.9 Å². The minimum atomic E-state index is 1.11. The molecule has 0 saturated carbocycles. The number of rotatable bonds is 4. The molecule has 1 aromatic heterocycles. The maximum Gasteiger partial charge on any atom is 0.243 e. The molecule has 1 aromatic rings. The van der Waals surface area contributed by atoms with Crippen LogP contribution in [0, 0.1) is 0 Å². The molecular weight excluding hydrogens is 204 g/mol. The summed E-state index contributed by atoms with van der Waals surface area (Å²) in [6.45, 7) is 1.13. The van der Waals surface area contributed by atoms with Gasteiger partial charge in [0.1, 0.15) is 12.4 Å². The molecule has 0 unspecified atom stereocenters. The fourth-order valence-corrected chi connectivity index (χ4v) is 1.42. The Kier molecular flexibility index (Phi) is 3.63. The third-order valence-corrected chi connectivity index (χ3v) is 2.18. The number of nitrogens with zero attached hydrogens (tertiary/aromatic N) is 2. The summed E-state index contributed by atoms with van der Waals surface area (Å²) in [4.78, 5) is 0. The van der Waals surface area contributed by atoms with Crippen molar-refractivity contribution in [2.45, 2.75) is 19.4 Å². The van der Waals surface area contributed by atoms with E-state index in [0.29, 0.717) is 0 Å². The van der Waals surface area contributed by atoms with Gasteiger partial charge in [0.25, 0.3) is 0 Å². The van der Waals surface area contributed by atoms with Crippen molar-refractivity contribution < 1.29 is 4.57 Å². The lowest BCUT2D eigenvalue weighted by Crippen LogP contribution is -2.23. The lowest BCUT2D eigenvalue weighted by Gasteiger charge is -1.92. The Bertz CT molecular complexity index is 208. The first-order chi connectivity index (χ1) is 5.33. The van der Waals surface area contributed by atoms with Crippen LogP contribution in [-0.4, -0.2) is 9.90 Å². The van der Waals surface area contributed by atoms with E-state index in [2.05, 4.69) is 43.8 Å². The molecule has 0 aliphatic heterocycles. The fourth-order valence-electron chi connectivity index (χ4n) is 1.02. The fraction of sp³-hybridized carbons (Fsp3) is 0.625. The van der Waals surface area contributed by atoms with Crippen molar-refractivity contribution in [3.63, 3.8) is 0 Å². The lowest BCUT2D eigenvalue weighted by molar-refractivity contribution is -0.671. The van der Waals surface area contributed by atoms with Crippen LogP contribution in [-0.2, 0) is 13.6 Å². The van der Waals surface area contributed by atoms with Gasteiger partial charge >= 0.3 is 0 Å². The number of hydrogen-bond acceptors (Lipinski definition) is 0. The van der Waals surface area contributed by atoms with Gasteiger partial charge in [0.2, 0.25) is 6.33 Å². The average molecular weight is 218 g/mol. The van der Waals surface area contributed by atoms with Crippen molar-refractivity contribution in [1.82, 2.24) is 4.57 Å². The first kappa shape index (κ1) is 8.78. The summed E-state index contributed by atoms with van der Waals surface area (Å²) < 4.78 is 4.27. The van der Waals surface area contributed by atoms with E-state index in [1.807, 2.05) is 7.05 Å². The number of hydrogen-bond donors (Lipinski definition) is 0. The highest BCUT2D eigenvalue weighted by Gasteiger charge is 1.97. The summed E-state index contributed by atoms with van der Waals surface area (Å²) in [6.07, 6.45) is 8.78. The molecule has 2 nitrogen and oxygen atoms in total. The van der Waals surface area contributed by atoms with Gasteiger partial charge in [-0.1, -0.05) is 15.9 Å². The van der Waals surface area contributed by atoms with Crippen LogP contribution in [0.4, 0.5) is 0 Å². The molecule has 0 saturated heterocycles. The smallest absolute Gasteiger partial charge is 0.240 e. The van der Waals surface area contributed by atoms with E-state index in [9.17, 15) is 0 Å². The van der Waals surface area contributed by atoms with Crippen molar-refractivity contribution in [3.05, 3.63) is 18.7 Å². The van der Waals surface area contributed by atoms with Gasteiger partial charge < -0.3 is 0 Å². The standard InChI is InChI=1S/C8H14BrN2/c1-10-6-7-11(8-10)5-3-2-4-9/h6-8H,2-5H2,1H3/q+1. The SMILES string of the molecule is C[n+]1ccn(CCCCBr)c1. The maximum atomic E-state index is 3.41. The molecule has 62 valence electrons. The summed E-state index contributed by atoms with van der Waals surface area (Å²) in [5, 5.41) is 1.11. The third-order valence-electron chi connectivity index (χ3n) is 1.62. The highest BCUT2D eigenvalue weighted by molar-refractivity contribution is 9.09. The van der Waals surface area contributed by atoms with Gasteiger partial charge in [-0.05, 0) is 12.8 Å². The number of halogens is 1. The molecule has 0 atom stereocenters. The summed E-state index contributed by atoms with van der Waals surface area (Å²) in [6, 6.07) is 0. The summed E-state index contributed by atoms with van der Waals surface area (Å²) >= 11 is 3.41. The van der Waals surface area contributed by atoms with E-state index < -0.39 is 0 Å². The van der Waals surface area contributed by atoms with Gasteiger partial charge in [-0.2, -0.15) is 0 Å². The Morgan fingerprint density at radius 3 is 2.82 bits per heavy atom. The van der Waals surface area contributed by atoms with E-state index in [4.69, 9.17) is 0 Å². The zero-order valence-electron chi connectivity index (χ0n) is 6.83. The minimum Gasteiger partial charge on any atom is -0.240 e. The molecule has 0 aliphatic rings. The predicted molar refractivity (Wildman–Crippen MR) is 48.6 cm³/mol. The van der Waals surface area contributed by atoms with E-state index in [-0.39, 0.29) is 0 Å². The van der Waals surface area contributed by atoms with E-state index in [0.717, 1.165) is 11.9 Å². The Labute approximate surface area is 76.0 Å². The first-order valence-electron chi connectivity index (χ1n) is 3.90. The number of aromatic nitrogens is 2. The molecule has 0 amide bonds. The summed E-state index contributed by atoms with van der Waals surface area (Å²) in [7, 11) is 2.04. The molecule has 0 spiro atoms. The third kappa shape index (κ3) is 3.06. The van der Waals surface area contributed by atoms with Gasteiger partial charge in [-0.25, -0.2) is 9.13 Å². The summed E-state index contributed by atoms with van der Waals surface area (Å²) in [5.41, 5.74) is 0. The van der Waals surface area contributed by atoms with Crippen LogP contribution in [0.25, 0.3) is 0 Å². The van der Waals surface area contributed by atoms with Crippen molar-refractivity contribution in [2.75, 3.05) is 5.33 Å². The van der Waals surface area contributed by atoms with Gasteiger partial charge in [0, 0.05) is 5.33 Å². The van der Waals surface area contributed by atoms with Crippen molar-refractivity contribution in [2.24, 2.45) is 7.05 Å². The average Bonchev–Trinajstić information content (AvgIpc) is 2.37. The van der Waals surface area contributed by atoms with Gasteiger partial charge in [-0.15, -0.1) is 0 Å². The number of imidazole rings is 1. The monoisotopic (exact) mass is 217 g/mol. The molecule has 0 aromatic carbocycles. The number of alkyl halides is 1. The lowest BCUT2D eigenvalue weighted by atomic mass is 10.3. The zero-order valence-corrected chi connectivity index (χ0v) is 8.42. The molecule has 3 heteroatoms. The highest BCUT2D eigenvalue weighted by Crippen LogP contribution is 1.96. The van der Waals surface area contributed by atoms with Crippen molar-refractivity contribution in [3.8, 4) is 0 Å². The van der Waals surface area contributed by atoms with Crippen LogP contribution in [0.1, 0.15) is 12.8 Å². The van der Waals surface area contributed by atoms with Crippen molar-refractivity contribution >= 4 is 15.9 Å². The molecule has 0 bridgehead atoms. The molecule has 0 radical (unpaired) electrons.